The van der Waals surface area contributed by atoms with Crippen LogP contribution < -0.4 is 4.74 Å². The summed E-state index contributed by atoms with van der Waals surface area (Å²) < 4.78 is 6.97. The van der Waals surface area contributed by atoms with Gasteiger partial charge in [-0.2, -0.15) is 5.10 Å². The number of carbonyl (C=O) groups excluding carboxylic acids is 1. The van der Waals surface area contributed by atoms with Crippen LogP contribution in [-0.2, 0) is 13.0 Å². The monoisotopic (exact) mass is 327 g/mol. The fourth-order valence-corrected chi connectivity index (χ4v) is 3.36. The van der Waals surface area contributed by atoms with E-state index in [1.54, 1.807) is 18.0 Å². The molecule has 0 bridgehead atoms. The molecule has 0 N–H and O–H groups in total. The predicted molar refractivity (Wildman–Crippen MR) is 93.2 cm³/mol. The van der Waals surface area contributed by atoms with E-state index in [2.05, 4.69) is 17.2 Å². The molecule has 1 aromatic heterocycles. The molecule has 0 aliphatic carbocycles. The fraction of sp³-hybridized carbons (Fsp3) is 0.474. The second-order valence-corrected chi connectivity index (χ2v) is 6.32. The van der Waals surface area contributed by atoms with Crippen molar-refractivity contribution >= 4 is 5.91 Å². The van der Waals surface area contributed by atoms with Gasteiger partial charge < -0.3 is 9.64 Å². The van der Waals surface area contributed by atoms with Crippen LogP contribution in [0.4, 0.5) is 0 Å². The molecule has 0 radical (unpaired) electrons. The number of aromatic nitrogens is 2. The molecule has 1 fully saturated rings. The van der Waals surface area contributed by atoms with Gasteiger partial charge in [0, 0.05) is 25.8 Å². The summed E-state index contributed by atoms with van der Waals surface area (Å²) in [5.41, 5.74) is 2.04. The molecule has 1 aromatic carbocycles. The molecule has 1 aliphatic heterocycles. The van der Waals surface area contributed by atoms with Gasteiger partial charge in [0.2, 0.25) is 0 Å². The largest absolute Gasteiger partial charge is 0.497 e. The minimum Gasteiger partial charge on any atom is -0.497 e. The second kappa shape index (κ2) is 7.51. The van der Waals surface area contributed by atoms with Crippen molar-refractivity contribution in [3.05, 3.63) is 47.8 Å². The lowest BCUT2D eigenvalue weighted by molar-refractivity contribution is 0.0678. The lowest BCUT2D eigenvalue weighted by Gasteiger charge is -2.32. The number of aryl methyl sites for hydroxylation is 1. The Bertz CT molecular complexity index is 670. The minimum atomic E-state index is 0.109. The van der Waals surface area contributed by atoms with E-state index in [1.807, 2.05) is 30.0 Å². The molecule has 0 atom stereocenters. The molecule has 3 rings (SSSR count). The Morgan fingerprint density at radius 2 is 1.92 bits per heavy atom. The van der Waals surface area contributed by atoms with Crippen LogP contribution in [0, 0.1) is 5.92 Å². The summed E-state index contributed by atoms with van der Waals surface area (Å²) in [6.07, 6.45) is 4.88. The van der Waals surface area contributed by atoms with Crippen LogP contribution in [0.5, 0.6) is 5.75 Å². The Kier molecular flexibility index (Phi) is 5.18. The summed E-state index contributed by atoms with van der Waals surface area (Å²) >= 11 is 0. The number of hydrogen-bond donors (Lipinski definition) is 0. The van der Waals surface area contributed by atoms with E-state index in [1.165, 1.54) is 5.56 Å². The van der Waals surface area contributed by atoms with E-state index in [-0.39, 0.29) is 5.91 Å². The van der Waals surface area contributed by atoms with E-state index in [9.17, 15) is 4.79 Å². The van der Waals surface area contributed by atoms with Gasteiger partial charge in [0.15, 0.2) is 0 Å². The molecule has 0 saturated carbocycles. The number of ether oxygens (including phenoxy) is 1. The zero-order chi connectivity index (χ0) is 16.9. The summed E-state index contributed by atoms with van der Waals surface area (Å²) in [5, 5.41) is 4.19. The SMILES string of the molecule is CCn1nccc1C(=O)N1CCC(Cc2ccc(OC)cc2)CC1. The zero-order valence-electron chi connectivity index (χ0n) is 14.4. The van der Waals surface area contributed by atoms with E-state index in [4.69, 9.17) is 4.74 Å². The highest BCUT2D eigenvalue weighted by Gasteiger charge is 2.25. The molecule has 5 heteroatoms. The van der Waals surface area contributed by atoms with E-state index < -0.39 is 0 Å². The van der Waals surface area contributed by atoms with Gasteiger partial charge in [-0.05, 0) is 55.9 Å². The normalized spacial score (nSPS) is 15.5. The number of likely N-dealkylation sites (tertiary alicyclic amines) is 1. The van der Waals surface area contributed by atoms with Crippen LogP contribution in [-0.4, -0.2) is 40.8 Å². The van der Waals surface area contributed by atoms with Crippen LogP contribution in [0.1, 0.15) is 35.8 Å². The lowest BCUT2D eigenvalue weighted by atomic mass is 9.90. The van der Waals surface area contributed by atoms with Crippen molar-refractivity contribution < 1.29 is 9.53 Å². The first-order valence-corrected chi connectivity index (χ1v) is 8.65. The van der Waals surface area contributed by atoms with Gasteiger partial charge in [-0.3, -0.25) is 9.48 Å². The summed E-state index contributed by atoms with van der Waals surface area (Å²) in [7, 11) is 1.69. The van der Waals surface area contributed by atoms with Crippen LogP contribution in [0.3, 0.4) is 0 Å². The molecule has 1 aliphatic rings. The fourth-order valence-electron chi connectivity index (χ4n) is 3.36. The Balaban J connectivity index is 1.54. The first-order chi connectivity index (χ1) is 11.7. The van der Waals surface area contributed by atoms with E-state index >= 15 is 0 Å². The van der Waals surface area contributed by atoms with Crippen molar-refractivity contribution in [3.8, 4) is 5.75 Å². The molecule has 0 unspecified atom stereocenters. The number of benzene rings is 1. The highest BCUT2D eigenvalue weighted by Crippen LogP contribution is 2.24. The number of carbonyl (C=O) groups is 1. The topological polar surface area (TPSA) is 47.4 Å². The molecular formula is C19H25N3O2. The molecule has 1 amide bonds. The average Bonchev–Trinajstić information content (AvgIpc) is 3.11. The Hall–Kier alpha value is -2.30. The predicted octanol–water partition coefficient (Wildman–Crippen LogP) is 3.01. The quantitative estimate of drug-likeness (QED) is 0.848. The number of piperidine rings is 1. The van der Waals surface area contributed by atoms with Crippen molar-refractivity contribution in [1.82, 2.24) is 14.7 Å². The standard InChI is InChI=1S/C19H25N3O2/c1-3-22-18(8-11-20-22)19(23)21-12-9-16(10-13-21)14-15-4-6-17(24-2)7-5-15/h4-8,11,16H,3,9-10,12-14H2,1-2H3. The van der Waals surface area contributed by atoms with E-state index in [0.717, 1.165) is 44.6 Å². The number of rotatable bonds is 5. The van der Waals surface area contributed by atoms with Gasteiger partial charge in [0.1, 0.15) is 11.4 Å². The van der Waals surface area contributed by atoms with Gasteiger partial charge in [-0.1, -0.05) is 12.1 Å². The summed E-state index contributed by atoms with van der Waals surface area (Å²) in [4.78, 5) is 14.6. The van der Waals surface area contributed by atoms with Crippen LogP contribution in [0.2, 0.25) is 0 Å². The van der Waals surface area contributed by atoms with Crippen LogP contribution in [0.25, 0.3) is 0 Å². The maximum atomic E-state index is 12.6. The Labute approximate surface area is 143 Å². The molecule has 1 saturated heterocycles. The highest BCUT2D eigenvalue weighted by molar-refractivity contribution is 5.92. The first-order valence-electron chi connectivity index (χ1n) is 8.65. The van der Waals surface area contributed by atoms with Gasteiger partial charge in [0.05, 0.1) is 7.11 Å². The van der Waals surface area contributed by atoms with Gasteiger partial charge in [0.25, 0.3) is 5.91 Å². The molecular weight excluding hydrogens is 302 g/mol. The smallest absolute Gasteiger partial charge is 0.272 e. The first kappa shape index (κ1) is 16.6. The van der Waals surface area contributed by atoms with Crippen LogP contribution in [0.15, 0.2) is 36.5 Å². The van der Waals surface area contributed by atoms with Gasteiger partial charge >= 0.3 is 0 Å². The number of amides is 1. The molecule has 24 heavy (non-hydrogen) atoms. The third-order valence-corrected chi connectivity index (χ3v) is 4.82. The Morgan fingerprint density at radius 3 is 2.54 bits per heavy atom. The Morgan fingerprint density at radius 1 is 1.21 bits per heavy atom. The number of methoxy groups -OCH3 is 1. The van der Waals surface area contributed by atoms with Crippen molar-refractivity contribution in [3.63, 3.8) is 0 Å². The summed E-state index contributed by atoms with van der Waals surface area (Å²) in [6.45, 7) is 4.38. The lowest BCUT2D eigenvalue weighted by Crippen LogP contribution is -2.39. The zero-order valence-corrected chi connectivity index (χ0v) is 14.4. The third kappa shape index (κ3) is 3.61. The highest BCUT2D eigenvalue weighted by atomic mass is 16.5. The van der Waals surface area contributed by atoms with Crippen LogP contribution >= 0.6 is 0 Å². The molecule has 0 spiro atoms. The number of nitrogens with zero attached hydrogens (tertiary/aromatic N) is 3. The molecule has 128 valence electrons. The maximum absolute atomic E-state index is 12.6. The average molecular weight is 327 g/mol. The number of hydrogen-bond acceptors (Lipinski definition) is 3. The van der Waals surface area contributed by atoms with Gasteiger partial charge in [-0.25, -0.2) is 0 Å². The summed E-state index contributed by atoms with van der Waals surface area (Å²) in [6, 6.07) is 10.1. The third-order valence-electron chi connectivity index (χ3n) is 4.82. The van der Waals surface area contributed by atoms with Crippen molar-refractivity contribution in [2.75, 3.05) is 20.2 Å². The maximum Gasteiger partial charge on any atom is 0.272 e. The van der Waals surface area contributed by atoms with Crippen molar-refractivity contribution in [2.45, 2.75) is 32.7 Å². The van der Waals surface area contributed by atoms with Crippen molar-refractivity contribution in [2.24, 2.45) is 5.92 Å². The second-order valence-electron chi connectivity index (χ2n) is 6.32. The minimum absolute atomic E-state index is 0.109. The van der Waals surface area contributed by atoms with Gasteiger partial charge in [-0.15, -0.1) is 0 Å². The molecule has 2 aromatic rings. The molecule has 2 heterocycles. The van der Waals surface area contributed by atoms with Crippen molar-refractivity contribution in [1.29, 1.82) is 0 Å². The summed E-state index contributed by atoms with van der Waals surface area (Å²) in [5.74, 6) is 1.64. The van der Waals surface area contributed by atoms with E-state index in [0.29, 0.717) is 11.6 Å². The molecule has 5 nitrogen and oxygen atoms in total.